The zero-order valence-electron chi connectivity index (χ0n) is 8.54. The predicted octanol–water partition coefficient (Wildman–Crippen LogP) is 4.73. The van der Waals surface area contributed by atoms with Gasteiger partial charge in [0.2, 0.25) is 0 Å². The Kier molecular flexibility index (Phi) is 3.97. The second-order valence-electron chi connectivity index (χ2n) is 3.45. The average Bonchev–Trinajstić information content (AvgIpc) is 2.72. The Morgan fingerprint density at radius 2 is 2.24 bits per heavy atom. The fraction of sp³-hybridized carbons (Fsp3) is 0.0833. The minimum Gasteiger partial charge on any atom is -0.294 e. The number of carbonyl (C=O) groups excluding carboxylic acids is 1. The van der Waals surface area contributed by atoms with Gasteiger partial charge in [-0.3, -0.25) is 4.79 Å². The Morgan fingerprint density at radius 3 is 2.88 bits per heavy atom. The molecule has 0 spiro atoms. The number of rotatable bonds is 3. The van der Waals surface area contributed by atoms with Crippen LogP contribution in [0.25, 0.3) is 0 Å². The number of benzene rings is 1. The molecule has 17 heavy (non-hydrogen) atoms. The minimum atomic E-state index is -0.517. The second-order valence-corrected chi connectivity index (χ2v) is 6.15. The first kappa shape index (κ1) is 12.7. The molecular formula is C12H7BrClFOS. The van der Waals surface area contributed by atoms with Crippen LogP contribution < -0.4 is 0 Å². The summed E-state index contributed by atoms with van der Waals surface area (Å²) in [5.41, 5.74) is 0.908. The maximum absolute atomic E-state index is 13.6. The van der Waals surface area contributed by atoms with Crippen LogP contribution in [0, 0.1) is 5.82 Å². The first-order valence-electron chi connectivity index (χ1n) is 4.78. The molecule has 2 rings (SSSR count). The molecule has 0 saturated heterocycles. The summed E-state index contributed by atoms with van der Waals surface area (Å²) in [6, 6.07) is 6.40. The maximum Gasteiger partial charge on any atom is 0.168 e. The van der Waals surface area contributed by atoms with Gasteiger partial charge in [0.05, 0.1) is 8.81 Å². The molecule has 0 aliphatic carbocycles. The number of hydrogen-bond donors (Lipinski definition) is 0. The number of Topliss-reactive ketones (excluding diaryl/α,β-unsaturated/α-hetero) is 1. The van der Waals surface area contributed by atoms with Crippen molar-refractivity contribution in [3.63, 3.8) is 0 Å². The fourth-order valence-electron chi connectivity index (χ4n) is 1.42. The molecule has 88 valence electrons. The molecule has 0 N–H and O–H groups in total. The van der Waals surface area contributed by atoms with E-state index in [1.165, 1.54) is 17.4 Å². The van der Waals surface area contributed by atoms with Gasteiger partial charge in [-0.2, -0.15) is 0 Å². The molecule has 1 heterocycles. The molecule has 0 aliphatic rings. The Bertz CT molecular complexity index is 567. The Balaban J connectivity index is 2.21. The standard InChI is InChI=1S/C12H7BrClFOS/c13-11-5-8(6-17-11)10(16)4-7-2-1-3-9(14)12(7)15/h1-3,5-6H,4H2. The van der Waals surface area contributed by atoms with E-state index in [-0.39, 0.29) is 17.2 Å². The molecule has 5 heteroatoms. The van der Waals surface area contributed by atoms with E-state index in [1.807, 2.05) is 0 Å². The van der Waals surface area contributed by atoms with E-state index in [4.69, 9.17) is 11.6 Å². The first-order chi connectivity index (χ1) is 8.08. The summed E-state index contributed by atoms with van der Waals surface area (Å²) in [6.45, 7) is 0. The van der Waals surface area contributed by atoms with Crippen molar-refractivity contribution in [2.24, 2.45) is 0 Å². The van der Waals surface area contributed by atoms with E-state index >= 15 is 0 Å². The third kappa shape index (κ3) is 2.94. The normalized spacial score (nSPS) is 10.5. The minimum absolute atomic E-state index is 0.0234. The highest BCUT2D eigenvalue weighted by atomic mass is 79.9. The van der Waals surface area contributed by atoms with Crippen LogP contribution in [0.2, 0.25) is 5.02 Å². The van der Waals surface area contributed by atoms with Crippen molar-refractivity contribution in [2.75, 3.05) is 0 Å². The monoisotopic (exact) mass is 332 g/mol. The van der Waals surface area contributed by atoms with E-state index in [1.54, 1.807) is 23.6 Å². The highest BCUT2D eigenvalue weighted by molar-refractivity contribution is 9.11. The predicted molar refractivity (Wildman–Crippen MR) is 71.5 cm³/mol. The quantitative estimate of drug-likeness (QED) is 0.742. The lowest BCUT2D eigenvalue weighted by molar-refractivity contribution is 0.0992. The molecule has 0 atom stereocenters. The van der Waals surface area contributed by atoms with Crippen LogP contribution in [0.15, 0.2) is 33.4 Å². The SMILES string of the molecule is O=C(Cc1cccc(Cl)c1F)c1csc(Br)c1. The highest BCUT2D eigenvalue weighted by Crippen LogP contribution is 2.23. The molecular weight excluding hydrogens is 327 g/mol. The van der Waals surface area contributed by atoms with Crippen LogP contribution >= 0.6 is 38.9 Å². The van der Waals surface area contributed by atoms with Crippen LogP contribution in [0.3, 0.4) is 0 Å². The molecule has 1 nitrogen and oxygen atoms in total. The van der Waals surface area contributed by atoms with Gasteiger partial charge in [0.15, 0.2) is 5.78 Å². The summed E-state index contributed by atoms with van der Waals surface area (Å²) >= 11 is 10.4. The Hall–Kier alpha value is -0.710. The van der Waals surface area contributed by atoms with Gasteiger partial charge in [-0.15, -0.1) is 11.3 Å². The van der Waals surface area contributed by atoms with Gasteiger partial charge in [-0.05, 0) is 33.6 Å². The smallest absolute Gasteiger partial charge is 0.168 e. The van der Waals surface area contributed by atoms with Crippen molar-refractivity contribution >= 4 is 44.7 Å². The summed E-state index contributed by atoms with van der Waals surface area (Å²) in [5.74, 6) is -0.634. The highest BCUT2D eigenvalue weighted by Gasteiger charge is 2.13. The van der Waals surface area contributed by atoms with E-state index in [2.05, 4.69) is 15.9 Å². The van der Waals surface area contributed by atoms with Crippen molar-refractivity contribution in [1.82, 2.24) is 0 Å². The van der Waals surface area contributed by atoms with Gasteiger partial charge >= 0.3 is 0 Å². The maximum atomic E-state index is 13.6. The Morgan fingerprint density at radius 1 is 1.47 bits per heavy atom. The third-order valence-electron chi connectivity index (χ3n) is 2.27. The summed E-state index contributed by atoms with van der Waals surface area (Å²) < 4.78 is 14.5. The lowest BCUT2D eigenvalue weighted by Crippen LogP contribution is -2.04. The number of thiophene rings is 1. The summed E-state index contributed by atoms with van der Waals surface area (Å²) in [6.07, 6.45) is 0.0234. The topological polar surface area (TPSA) is 17.1 Å². The molecule has 0 radical (unpaired) electrons. The lowest BCUT2D eigenvalue weighted by atomic mass is 10.1. The van der Waals surface area contributed by atoms with E-state index in [0.717, 1.165) is 3.79 Å². The largest absolute Gasteiger partial charge is 0.294 e. The van der Waals surface area contributed by atoms with Gasteiger partial charge in [-0.1, -0.05) is 23.7 Å². The molecule has 1 aromatic carbocycles. The zero-order valence-corrected chi connectivity index (χ0v) is 11.7. The lowest BCUT2D eigenvalue weighted by Gasteiger charge is -2.02. The average molecular weight is 334 g/mol. The molecule has 0 amide bonds. The van der Waals surface area contributed by atoms with Crippen molar-refractivity contribution in [2.45, 2.75) is 6.42 Å². The molecule has 1 aromatic heterocycles. The number of carbonyl (C=O) groups is 1. The first-order valence-corrected chi connectivity index (χ1v) is 6.83. The van der Waals surface area contributed by atoms with Gasteiger partial charge in [0.1, 0.15) is 5.82 Å². The summed E-state index contributed by atoms with van der Waals surface area (Å²) in [5, 5.41) is 1.79. The van der Waals surface area contributed by atoms with E-state index in [0.29, 0.717) is 11.1 Å². The van der Waals surface area contributed by atoms with E-state index in [9.17, 15) is 9.18 Å². The van der Waals surface area contributed by atoms with Gasteiger partial charge < -0.3 is 0 Å². The number of ketones is 1. The Labute approximate surface area is 115 Å². The molecule has 0 bridgehead atoms. The van der Waals surface area contributed by atoms with Crippen LogP contribution in [0.5, 0.6) is 0 Å². The molecule has 0 fully saturated rings. The van der Waals surface area contributed by atoms with Crippen LogP contribution in [0.4, 0.5) is 4.39 Å². The van der Waals surface area contributed by atoms with Gasteiger partial charge in [0.25, 0.3) is 0 Å². The van der Waals surface area contributed by atoms with Crippen LogP contribution in [-0.4, -0.2) is 5.78 Å². The molecule has 0 unspecified atom stereocenters. The fourth-order valence-corrected chi connectivity index (χ4v) is 2.77. The van der Waals surface area contributed by atoms with Crippen LogP contribution in [-0.2, 0) is 6.42 Å². The van der Waals surface area contributed by atoms with Crippen molar-refractivity contribution < 1.29 is 9.18 Å². The molecule has 0 aliphatic heterocycles. The second kappa shape index (κ2) is 5.29. The molecule has 2 aromatic rings. The van der Waals surface area contributed by atoms with Crippen molar-refractivity contribution in [1.29, 1.82) is 0 Å². The number of halogens is 3. The van der Waals surface area contributed by atoms with E-state index < -0.39 is 5.82 Å². The zero-order chi connectivity index (χ0) is 12.4. The van der Waals surface area contributed by atoms with Gasteiger partial charge in [-0.25, -0.2) is 4.39 Å². The van der Waals surface area contributed by atoms with Crippen LogP contribution in [0.1, 0.15) is 15.9 Å². The summed E-state index contributed by atoms with van der Waals surface area (Å²) in [7, 11) is 0. The third-order valence-corrected chi connectivity index (χ3v) is 4.07. The van der Waals surface area contributed by atoms with Gasteiger partial charge in [0, 0.05) is 17.4 Å². The number of hydrogen-bond acceptors (Lipinski definition) is 2. The molecule has 0 saturated carbocycles. The van der Waals surface area contributed by atoms with Crippen molar-refractivity contribution in [3.05, 3.63) is 55.4 Å². The summed E-state index contributed by atoms with van der Waals surface area (Å²) in [4.78, 5) is 11.9. The van der Waals surface area contributed by atoms with Crippen molar-refractivity contribution in [3.8, 4) is 0 Å².